The topological polar surface area (TPSA) is 225 Å². The van der Waals surface area contributed by atoms with Crippen LogP contribution in [0.25, 0.3) is 0 Å². The van der Waals surface area contributed by atoms with Crippen LogP contribution in [0.4, 0.5) is 0 Å². The van der Waals surface area contributed by atoms with Gasteiger partial charge in [-0.2, -0.15) is 0 Å². The van der Waals surface area contributed by atoms with E-state index in [4.69, 9.17) is 31.9 Å². The van der Waals surface area contributed by atoms with Gasteiger partial charge in [-0.3, -0.25) is 19.2 Å². The Hall–Kier alpha value is -1.68. The van der Waals surface area contributed by atoms with Crippen molar-refractivity contribution in [2.24, 2.45) is 22.3 Å². The number of benzene rings is 1. The summed E-state index contributed by atoms with van der Waals surface area (Å²) in [4.78, 5) is 41.5. The van der Waals surface area contributed by atoms with Crippen LogP contribution >= 0.6 is 0 Å². The van der Waals surface area contributed by atoms with Crippen molar-refractivity contribution in [3.05, 3.63) is 35.4 Å². The van der Waals surface area contributed by atoms with Gasteiger partial charge in [0.05, 0.1) is 0 Å². The predicted octanol–water partition coefficient (Wildman–Crippen LogP) is 3.05. The Morgan fingerprint density at radius 2 is 0.848 bits per heavy atom. The number of rotatable bonds is 10. The predicted molar refractivity (Wildman–Crippen MR) is 164 cm³/mol. The molecule has 0 radical (unpaired) electrons. The fourth-order valence-corrected chi connectivity index (χ4v) is 6.20. The van der Waals surface area contributed by atoms with E-state index in [-0.39, 0.29) is 67.8 Å². The Balaban J connectivity index is 0.000000400. The smallest absolute Gasteiger partial charge is 0.321 e. The number of aliphatic carboxylic acids is 4. The van der Waals surface area contributed by atoms with Gasteiger partial charge in [0.15, 0.2) is 10.8 Å². The zero-order valence-electron chi connectivity index (χ0n) is 26.1. The summed E-state index contributed by atoms with van der Waals surface area (Å²) in [7, 11) is 0. The molecule has 0 amide bonds. The van der Waals surface area contributed by atoms with E-state index in [9.17, 15) is 19.2 Å². The molecule has 0 heterocycles. The van der Waals surface area contributed by atoms with Crippen LogP contribution in [0.15, 0.2) is 24.3 Å². The van der Waals surface area contributed by atoms with Gasteiger partial charge < -0.3 is 42.5 Å². The number of nitrogens with two attached hydrogens (primary N) is 2. The molecule has 0 unspecified atom stereocenters. The average molecular weight is 1010 g/mol. The van der Waals surface area contributed by atoms with E-state index >= 15 is 0 Å². The molecule has 46 heavy (non-hydrogen) atoms. The Morgan fingerprint density at radius 3 is 1.04 bits per heavy atom. The van der Waals surface area contributed by atoms with Crippen molar-refractivity contribution < 1.29 is 81.7 Å². The van der Waals surface area contributed by atoms with Crippen LogP contribution in [0.5, 0.6) is 0 Å². The Kier molecular flexibility index (Phi) is 18.4. The van der Waals surface area contributed by atoms with E-state index in [1.54, 1.807) is 0 Å². The normalized spacial score (nSPS) is 25.4. The zero-order chi connectivity index (χ0) is 32.3. The van der Waals surface area contributed by atoms with Gasteiger partial charge in [-0.15, -0.1) is 0 Å². The third-order valence-corrected chi connectivity index (χ3v) is 9.85. The van der Waals surface area contributed by atoms with Crippen molar-refractivity contribution in [2.75, 3.05) is 0 Å². The van der Waals surface area contributed by atoms with E-state index in [1.165, 1.54) is 49.7 Å². The van der Waals surface area contributed by atoms with Gasteiger partial charge in [0.25, 0.3) is 0 Å². The zero-order valence-corrected chi connectivity index (χ0v) is 30.7. The molecule has 0 aromatic heterocycles. The van der Waals surface area contributed by atoms with E-state index in [0.717, 1.165) is 25.9 Å². The van der Waals surface area contributed by atoms with Crippen LogP contribution in [-0.4, -0.2) is 68.5 Å². The number of hydrogen-bond donors (Lipinski definition) is 8. The minimum absolute atomic E-state index is 0. The summed E-state index contributed by atoms with van der Waals surface area (Å²) in [5.74, 6) is -4.81. The van der Waals surface area contributed by atoms with E-state index in [2.05, 4.69) is 34.9 Å². The number of nitrogens with one attached hydrogen (secondary N) is 2. The molecule has 14 heteroatoms. The van der Waals surface area contributed by atoms with Gasteiger partial charge >= 0.3 is 23.9 Å². The number of carboxylic acids is 4. The first-order valence-electron chi connectivity index (χ1n) is 15.9. The van der Waals surface area contributed by atoms with Crippen LogP contribution < -0.4 is 22.1 Å². The third-order valence-electron chi connectivity index (χ3n) is 9.85. The molecule has 1 aromatic rings. The minimum Gasteiger partial charge on any atom is -0.480 e. The molecule has 0 bridgehead atoms. The quantitative estimate of drug-likeness (QED) is 0.159. The average Bonchev–Trinajstić information content (AvgIpc) is 2.91. The van der Waals surface area contributed by atoms with Crippen LogP contribution in [0.1, 0.15) is 101 Å². The largest absolute Gasteiger partial charge is 0.480 e. The Bertz CT molecular complexity index is 1010. The van der Waals surface area contributed by atoms with Crippen LogP contribution in [0, 0.1) is 10.8 Å². The fraction of sp³-hybridized carbons (Fsp3) is 0.688. The van der Waals surface area contributed by atoms with Crippen molar-refractivity contribution in [1.29, 1.82) is 0 Å². The van der Waals surface area contributed by atoms with Gasteiger partial charge in [0, 0.05) is 79.4 Å². The van der Waals surface area contributed by atoms with Gasteiger partial charge in [-0.1, -0.05) is 49.9 Å². The van der Waals surface area contributed by atoms with Crippen molar-refractivity contribution in [2.45, 2.75) is 127 Å². The van der Waals surface area contributed by atoms with Crippen LogP contribution in [0.3, 0.4) is 0 Å². The van der Waals surface area contributed by atoms with Crippen LogP contribution in [-0.2, 0) is 74.4 Å². The molecule has 5 rings (SSSR count). The monoisotopic (exact) mass is 1010 g/mol. The molecule has 266 valence electrons. The summed E-state index contributed by atoms with van der Waals surface area (Å²) in [5, 5.41) is 41.2. The third kappa shape index (κ3) is 11.2. The van der Waals surface area contributed by atoms with Crippen molar-refractivity contribution in [3.63, 3.8) is 0 Å². The molecule has 12 nitrogen and oxygen atoms in total. The van der Waals surface area contributed by atoms with Gasteiger partial charge in [-0.05, 0) is 75.3 Å². The molecule has 0 aliphatic heterocycles. The molecule has 4 aliphatic carbocycles. The van der Waals surface area contributed by atoms with Gasteiger partial charge in [0.2, 0.25) is 0 Å². The van der Waals surface area contributed by atoms with Crippen molar-refractivity contribution >= 4 is 23.9 Å². The fourth-order valence-electron chi connectivity index (χ4n) is 6.20. The summed E-state index contributed by atoms with van der Waals surface area (Å²) < 4.78 is 0. The Labute approximate surface area is 299 Å². The summed E-state index contributed by atoms with van der Waals surface area (Å²) in [6, 6.07) is 10.5. The first-order chi connectivity index (χ1) is 20.9. The second-order valence-corrected chi connectivity index (χ2v) is 12.8. The van der Waals surface area contributed by atoms with Gasteiger partial charge in [-0.25, -0.2) is 0 Å². The van der Waals surface area contributed by atoms with Crippen molar-refractivity contribution in [3.8, 4) is 0 Å². The maximum absolute atomic E-state index is 10.4. The maximum Gasteiger partial charge on any atom is 0.321 e. The number of carbonyl (C=O) groups is 4. The Morgan fingerprint density at radius 1 is 0.565 bits per heavy atom. The first kappa shape index (κ1) is 42.3. The molecule has 0 spiro atoms. The summed E-state index contributed by atoms with van der Waals surface area (Å²) >= 11 is 0. The molecule has 4 aliphatic rings. The maximum atomic E-state index is 10.4. The van der Waals surface area contributed by atoms with Crippen molar-refractivity contribution in [1.82, 2.24) is 10.6 Å². The first-order valence-corrected chi connectivity index (χ1v) is 15.9. The number of carboxylic acid groups (broad SMARTS) is 4. The molecule has 4 fully saturated rings. The molecule has 4 saturated carbocycles. The van der Waals surface area contributed by atoms with Gasteiger partial charge in [0.1, 0.15) is 0 Å². The van der Waals surface area contributed by atoms with E-state index in [1.807, 2.05) is 0 Å². The summed E-state index contributed by atoms with van der Waals surface area (Å²) in [5.41, 5.74) is 12.2. The number of hydrogen-bond acceptors (Lipinski definition) is 8. The molecule has 10 N–H and O–H groups in total. The molecule has 1 aromatic carbocycles. The van der Waals surface area contributed by atoms with E-state index < -0.39 is 34.7 Å². The molecule has 0 saturated heterocycles. The standard InChI is InChI=1S/C20H34N4.2C6H8O4.2Pt/c21-17-5-1-3-7-19(17)23-13-15-9-11-16(12-10-15)14-24-20-8-4-2-6-18(20)22;2*7-4(8)6(5(9)10)2-1-3-6;;/h9-12,17-20,23-24H,1-8,13-14,21-22H2;2*1-3H2,(H,7,8)(H,9,10);;/t17-,18+,19-,20+;;;;. The molecular weight excluding hydrogens is 959 g/mol. The summed E-state index contributed by atoms with van der Waals surface area (Å²) in [6.45, 7) is 1.83. The second-order valence-electron chi connectivity index (χ2n) is 12.8. The minimum atomic E-state index is -1.44. The molecule has 4 atom stereocenters. The van der Waals surface area contributed by atoms with E-state index in [0.29, 0.717) is 37.0 Å². The van der Waals surface area contributed by atoms with Crippen LogP contribution in [0.2, 0.25) is 0 Å². The second kappa shape index (κ2) is 20.0. The summed E-state index contributed by atoms with van der Waals surface area (Å²) in [6.07, 6.45) is 12.4. The molecular formula is C32H50N4O8Pt2. The SMILES string of the molecule is N[C@@H]1CCCC[C@H]1NCc1ccc(CN[C@H]2CCCC[C@@H]2N)cc1.O=C(O)C1(C(=O)O)CCC1.O=C(O)C1(C(=O)O)CCC1.[Pt].[Pt].